The van der Waals surface area contributed by atoms with Gasteiger partial charge in [0.1, 0.15) is 5.82 Å². The van der Waals surface area contributed by atoms with Gasteiger partial charge in [-0.25, -0.2) is 0 Å². The highest BCUT2D eigenvalue weighted by Crippen LogP contribution is 2.27. The van der Waals surface area contributed by atoms with Crippen molar-refractivity contribution in [3.63, 3.8) is 0 Å². The second-order valence-electron chi connectivity index (χ2n) is 6.96. The molecule has 0 radical (unpaired) electrons. The molecule has 1 N–H and O–H groups in total. The van der Waals surface area contributed by atoms with Gasteiger partial charge < -0.3 is 9.88 Å². The lowest BCUT2D eigenvalue weighted by Gasteiger charge is -2.10. The van der Waals surface area contributed by atoms with Crippen LogP contribution < -0.4 is 5.32 Å². The molecule has 0 bridgehead atoms. The van der Waals surface area contributed by atoms with Crippen molar-refractivity contribution in [2.45, 2.75) is 44.0 Å². The highest BCUT2D eigenvalue weighted by molar-refractivity contribution is 7.99. The summed E-state index contributed by atoms with van der Waals surface area (Å²) in [5, 5.41) is 13.7. The predicted octanol–water partition coefficient (Wildman–Crippen LogP) is 6.39. The Morgan fingerprint density at radius 1 is 1.13 bits per heavy atom. The van der Waals surface area contributed by atoms with Crippen LogP contribution >= 0.6 is 46.7 Å². The standard InChI is InChI=1S/C22H24Cl2N4OS2/c1-4-28-20(12-30-11-16-8-9-17(23)10-18(16)24)26-27-22(28)31-13-21(29)25-19-7-5-6-14(2)15(19)3/h5-10H,4,11-13H2,1-3H3,(H,25,29). The fourth-order valence-electron chi connectivity index (χ4n) is 2.94. The first-order valence-corrected chi connectivity index (χ1v) is 12.7. The number of benzene rings is 2. The van der Waals surface area contributed by atoms with Gasteiger partial charge in [0.05, 0.1) is 11.5 Å². The summed E-state index contributed by atoms with van der Waals surface area (Å²) in [6.45, 7) is 6.83. The minimum atomic E-state index is -0.0577. The number of halogens is 2. The first-order chi connectivity index (χ1) is 14.9. The van der Waals surface area contributed by atoms with E-state index in [1.165, 1.54) is 11.8 Å². The van der Waals surface area contributed by atoms with Crippen molar-refractivity contribution in [1.82, 2.24) is 14.8 Å². The normalized spacial score (nSPS) is 11.0. The maximum Gasteiger partial charge on any atom is 0.234 e. The van der Waals surface area contributed by atoms with Crippen molar-refractivity contribution >= 4 is 58.3 Å². The summed E-state index contributed by atoms with van der Waals surface area (Å²) >= 11 is 15.3. The average Bonchev–Trinajstić information content (AvgIpc) is 3.13. The smallest absolute Gasteiger partial charge is 0.234 e. The van der Waals surface area contributed by atoms with Crippen LogP contribution in [0.4, 0.5) is 5.69 Å². The van der Waals surface area contributed by atoms with Crippen molar-refractivity contribution in [1.29, 1.82) is 0 Å². The van der Waals surface area contributed by atoms with Crippen LogP contribution in [-0.2, 0) is 22.8 Å². The van der Waals surface area contributed by atoms with Gasteiger partial charge in [0.2, 0.25) is 5.91 Å². The monoisotopic (exact) mass is 494 g/mol. The van der Waals surface area contributed by atoms with Gasteiger partial charge in [-0.2, -0.15) is 0 Å². The third kappa shape index (κ3) is 6.42. The Labute approximate surface area is 201 Å². The second kappa shape index (κ2) is 11.3. The average molecular weight is 496 g/mol. The molecule has 2 aromatic carbocycles. The van der Waals surface area contributed by atoms with Crippen molar-refractivity contribution in [3.05, 3.63) is 69.0 Å². The third-order valence-corrected chi connectivity index (χ3v) is 7.36. The zero-order valence-corrected chi connectivity index (χ0v) is 20.8. The molecule has 0 aliphatic heterocycles. The number of rotatable bonds is 9. The van der Waals surface area contributed by atoms with Crippen LogP contribution in [0.2, 0.25) is 10.0 Å². The van der Waals surface area contributed by atoms with Crippen LogP contribution in [0.3, 0.4) is 0 Å². The van der Waals surface area contributed by atoms with E-state index in [0.717, 1.165) is 45.7 Å². The molecule has 0 aliphatic carbocycles. The maximum absolute atomic E-state index is 12.4. The van der Waals surface area contributed by atoms with Gasteiger partial charge in [0.15, 0.2) is 5.16 Å². The van der Waals surface area contributed by atoms with Gasteiger partial charge in [0, 0.05) is 28.0 Å². The number of hydrogen-bond donors (Lipinski definition) is 1. The molecular weight excluding hydrogens is 471 g/mol. The zero-order valence-electron chi connectivity index (χ0n) is 17.6. The van der Waals surface area contributed by atoms with Crippen molar-refractivity contribution in [3.8, 4) is 0 Å². The summed E-state index contributed by atoms with van der Waals surface area (Å²) < 4.78 is 2.05. The summed E-state index contributed by atoms with van der Waals surface area (Å²) in [4.78, 5) is 12.4. The Hall–Kier alpha value is -1.67. The lowest BCUT2D eigenvalue weighted by atomic mass is 10.1. The number of carbonyl (C=O) groups excluding carboxylic acids is 1. The van der Waals surface area contributed by atoms with Gasteiger partial charge >= 0.3 is 0 Å². The van der Waals surface area contributed by atoms with E-state index in [4.69, 9.17) is 23.2 Å². The molecule has 9 heteroatoms. The van der Waals surface area contributed by atoms with Gasteiger partial charge in [0.25, 0.3) is 0 Å². The number of carbonyl (C=O) groups is 1. The summed E-state index contributed by atoms with van der Waals surface area (Å²) in [5.74, 6) is 2.56. The minimum Gasteiger partial charge on any atom is -0.325 e. The zero-order chi connectivity index (χ0) is 22.4. The quantitative estimate of drug-likeness (QED) is 0.349. The molecule has 3 rings (SSSR count). The first kappa shape index (κ1) is 24.0. The molecule has 0 fully saturated rings. The number of amides is 1. The highest BCUT2D eigenvalue weighted by atomic mass is 35.5. The van der Waals surface area contributed by atoms with Crippen LogP contribution in [-0.4, -0.2) is 26.4 Å². The number of aromatic nitrogens is 3. The number of thioether (sulfide) groups is 2. The molecule has 1 heterocycles. The lowest BCUT2D eigenvalue weighted by Crippen LogP contribution is -2.15. The predicted molar refractivity (Wildman–Crippen MR) is 132 cm³/mol. The van der Waals surface area contributed by atoms with E-state index in [2.05, 4.69) is 15.5 Å². The maximum atomic E-state index is 12.4. The highest BCUT2D eigenvalue weighted by Gasteiger charge is 2.14. The number of hydrogen-bond acceptors (Lipinski definition) is 5. The van der Waals surface area contributed by atoms with E-state index in [-0.39, 0.29) is 11.7 Å². The number of nitrogens with zero attached hydrogens (tertiary/aromatic N) is 3. The molecule has 0 aliphatic rings. The molecule has 0 atom stereocenters. The second-order valence-corrected chi connectivity index (χ2v) is 9.73. The van der Waals surface area contributed by atoms with Gasteiger partial charge in [-0.15, -0.1) is 22.0 Å². The molecule has 0 unspecified atom stereocenters. The molecule has 0 saturated carbocycles. The van der Waals surface area contributed by atoms with Crippen LogP contribution in [0.5, 0.6) is 0 Å². The first-order valence-electron chi connectivity index (χ1n) is 9.81. The Balaban J connectivity index is 1.55. The largest absolute Gasteiger partial charge is 0.325 e. The molecule has 0 spiro atoms. The summed E-state index contributed by atoms with van der Waals surface area (Å²) in [7, 11) is 0. The molecule has 3 aromatic rings. The molecular formula is C22H24Cl2N4OS2. The molecule has 164 valence electrons. The fourth-order valence-corrected chi connectivity index (χ4v) is 5.29. The number of aryl methyl sites for hydroxylation is 1. The van der Waals surface area contributed by atoms with Crippen molar-refractivity contribution < 1.29 is 4.79 Å². The minimum absolute atomic E-state index is 0.0577. The van der Waals surface area contributed by atoms with E-state index >= 15 is 0 Å². The van der Waals surface area contributed by atoms with Gasteiger partial charge in [-0.05, 0) is 55.7 Å². The van der Waals surface area contributed by atoms with E-state index < -0.39 is 0 Å². The molecule has 5 nitrogen and oxygen atoms in total. The van der Waals surface area contributed by atoms with Crippen LogP contribution in [0.15, 0.2) is 41.6 Å². The Morgan fingerprint density at radius 2 is 1.94 bits per heavy atom. The summed E-state index contributed by atoms with van der Waals surface area (Å²) in [6.07, 6.45) is 0. The lowest BCUT2D eigenvalue weighted by molar-refractivity contribution is -0.113. The Kier molecular flexibility index (Phi) is 8.72. The van der Waals surface area contributed by atoms with E-state index in [0.29, 0.717) is 15.8 Å². The van der Waals surface area contributed by atoms with E-state index in [1.807, 2.05) is 55.7 Å². The third-order valence-electron chi connectivity index (χ3n) is 4.82. The van der Waals surface area contributed by atoms with Crippen LogP contribution in [0, 0.1) is 13.8 Å². The van der Waals surface area contributed by atoms with Crippen molar-refractivity contribution in [2.24, 2.45) is 0 Å². The van der Waals surface area contributed by atoms with Crippen LogP contribution in [0.1, 0.15) is 29.4 Å². The molecule has 1 aromatic heterocycles. The van der Waals surface area contributed by atoms with E-state index in [9.17, 15) is 4.79 Å². The SMILES string of the molecule is CCn1c(CSCc2ccc(Cl)cc2Cl)nnc1SCC(=O)Nc1cccc(C)c1C. The summed E-state index contributed by atoms with van der Waals surface area (Å²) in [5.41, 5.74) is 4.12. The van der Waals surface area contributed by atoms with Gasteiger partial charge in [-0.3, -0.25) is 4.79 Å². The Morgan fingerprint density at radius 3 is 2.68 bits per heavy atom. The summed E-state index contributed by atoms with van der Waals surface area (Å²) in [6, 6.07) is 11.4. The van der Waals surface area contributed by atoms with E-state index in [1.54, 1.807) is 17.8 Å². The fraction of sp³-hybridized carbons (Fsp3) is 0.318. The van der Waals surface area contributed by atoms with Gasteiger partial charge in [-0.1, -0.05) is 53.2 Å². The number of nitrogens with one attached hydrogen (secondary N) is 1. The Bertz CT molecular complexity index is 1070. The topological polar surface area (TPSA) is 59.8 Å². The van der Waals surface area contributed by atoms with Crippen LogP contribution in [0.25, 0.3) is 0 Å². The molecule has 31 heavy (non-hydrogen) atoms. The molecule has 1 amide bonds. The molecule has 0 saturated heterocycles. The number of anilines is 1. The van der Waals surface area contributed by atoms with Crippen molar-refractivity contribution in [2.75, 3.05) is 11.1 Å².